The van der Waals surface area contributed by atoms with Crippen LogP contribution in [0.3, 0.4) is 0 Å². The molecule has 0 aliphatic heterocycles. The first-order chi connectivity index (χ1) is 13.5. The Kier molecular flexibility index (Phi) is 4.80. The molecule has 3 aromatic carbocycles. The van der Waals surface area contributed by atoms with Crippen LogP contribution >= 0.6 is 0 Å². The van der Waals surface area contributed by atoms with Gasteiger partial charge in [0, 0.05) is 6.42 Å². The molecule has 0 heterocycles. The highest BCUT2D eigenvalue weighted by molar-refractivity contribution is 5.86. The van der Waals surface area contributed by atoms with Crippen LogP contribution in [-0.2, 0) is 16.8 Å². The van der Waals surface area contributed by atoms with E-state index >= 15 is 0 Å². The molecule has 0 fully saturated rings. The van der Waals surface area contributed by atoms with Crippen LogP contribution in [0.25, 0.3) is 22.3 Å². The van der Waals surface area contributed by atoms with Crippen LogP contribution in [0.2, 0.25) is 0 Å². The molecule has 3 aromatic rings. The van der Waals surface area contributed by atoms with Crippen LogP contribution in [0.5, 0.6) is 0 Å². The van der Waals surface area contributed by atoms with Crippen molar-refractivity contribution in [2.45, 2.75) is 45.6 Å². The number of benzene rings is 3. The van der Waals surface area contributed by atoms with Gasteiger partial charge < -0.3 is 5.32 Å². The Labute approximate surface area is 167 Å². The van der Waals surface area contributed by atoms with Gasteiger partial charge >= 0.3 is 0 Å². The van der Waals surface area contributed by atoms with Gasteiger partial charge in [-0.05, 0) is 65.6 Å². The van der Waals surface area contributed by atoms with Crippen LogP contribution in [0.1, 0.15) is 50.3 Å². The second-order valence-corrected chi connectivity index (χ2v) is 8.13. The highest BCUT2D eigenvalue weighted by Crippen LogP contribution is 2.43. The quantitative estimate of drug-likeness (QED) is 0.454. The number of nitrogens with one attached hydrogen (secondary N) is 1. The van der Waals surface area contributed by atoms with E-state index in [0.717, 1.165) is 18.4 Å². The number of carbonyl (C=O) groups excluding carboxylic acids is 1. The van der Waals surface area contributed by atoms with Crippen molar-refractivity contribution in [1.82, 2.24) is 5.32 Å². The van der Waals surface area contributed by atoms with Crippen molar-refractivity contribution >= 4 is 5.91 Å². The molecule has 0 radical (unpaired) electrons. The van der Waals surface area contributed by atoms with Gasteiger partial charge in [-0.3, -0.25) is 4.79 Å². The van der Waals surface area contributed by atoms with Gasteiger partial charge in [0.05, 0.1) is 5.54 Å². The van der Waals surface area contributed by atoms with Crippen LogP contribution < -0.4 is 5.32 Å². The molecule has 4 rings (SSSR count). The zero-order valence-corrected chi connectivity index (χ0v) is 16.9. The average Bonchev–Trinajstić information content (AvgIpc) is 3.06. The molecule has 1 amide bonds. The third-order valence-electron chi connectivity index (χ3n) is 5.67. The molecule has 0 spiro atoms. The normalized spacial score (nSPS) is 12.4. The molecule has 1 N–H and O–H groups in total. The minimum absolute atomic E-state index is 0.105. The van der Waals surface area contributed by atoms with E-state index in [1.165, 1.54) is 33.4 Å². The van der Waals surface area contributed by atoms with Gasteiger partial charge in [0.25, 0.3) is 0 Å². The Morgan fingerprint density at radius 3 is 2.21 bits per heavy atom. The maximum absolute atomic E-state index is 12.3. The van der Waals surface area contributed by atoms with E-state index in [1.807, 2.05) is 6.92 Å². The van der Waals surface area contributed by atoms with Gasteiger partial charge in [-0.25, -0.2) is 0 Å². The van der Waals surface area contributed by atoms with E-state index in [4.69, 9.17) is 0 Å². The summed E-state index contributed by atoms with van der Waals surface area (Å²) in [5, 5.41) is 3.23. The van der Waals surface area contributed by atoms with E-state index in [9.17, 15) is 4.79 Å². The third kappa shape index (κ3) is 3.24. The fourth-order valence-electron chi connectivity index (χ4n) is 4.38. The average molecular weight is 370 g/mol. The van der Waals surface area contributed by atoms with Gasteiger partial charge in [-0.1, -0.05) is 73.7 Å². The molecule has 0 bridgehead atoms. The summed E-state index contributed by atoms with van der Waals surface area (Å²) >= 11 is 0. The minimum Gasteiger partial charge on any atom is -0.347 e. The highest BCUT2D eigenvalue weighted by atomic mass is 16.1. The SMILES string of the molecule is CCCC(=O)NC(C)(C)c1ccccc1-c1cccc2c1Cc1ccccc1-2. The molecule has 28 heavy (non-hydrogen) atoms. The fourth-order valence-corrected chi connectivity index (χ4v) is 4.38. The fraction of sp³-hybridized carbons (Fsp3) is 0.269. The Hall–Kier alpha value is -2.87. The Morgan fingerprint density at radius 2 is 1.46 bits per heavy atom. The van der Waals surface area contributed by atoms with Crippen LogP contribution in [0.4, 0.5) is 0 Å². The molecule has 1 aliphatic carbocycles. The van der Waals surface area contributed by atoms with Crippen molar-refractivity contribution < 1.29 is 4.79 Å². The lowest BCUT2D eigenvalue weighted by atomic mass is 9.84. The summed E-state index contributed by atoms with van der Waals surface area (Å²) in [7, 11) is 0. The van der Waals surface area contributed by atoms with Crippen molar-refractivity contribution in [2.24, 2.45) is 0 Å². The number of rotatable bonds is 5. The Morgan fingerprint density at radius 1 is 0.857 bits per heavy atom. The molecule has 142 valence electrons. The molecule has 0 saturated carbocycles. The van der Waals surface area contributed by atoms with E-state index in [1.54, 1.807) is 0 Å². The maximum atomic E-state index is 12.3. The number of fused-ring (bicyclic) bond motifs is 3. The molecule has 1 aliphatic rings. The Bertz CT molecular complexity index is 1030. The lowest BCUT2D eigenvalue weighted by Gasteiger charge is -2.30. The summed E-state index contributed by atoms with van der Waals surface area (Å²) < 4.78 is 0. The highest BCUT2D eigenvalue weighted by Gasteiger charge is 2.28. The first-order valence-electron chi connectivity index (χ1n) is 10.1. The van der Waals surface area contributed by atoms with Crippen LogP contribution in [0.15, 0.2) is 66.7 Å². The lowest BCUT2D eigenvalue weighted by Crippen LogP contribution is -2.41. The smallest absolute Gasteiger partial charge is 0.220 e. The maximum Gasteiger partial charge on any atom is 0.220 e. The molecule has 2 nitrogen and oxygen atoms in total. The summed E-state index contributed by atoms with van der Waals surface area (Å²) in [6, 6.07) is 23.7. The topological polar surface area (TPSA) is 29.1 Å². The lowest BCUT2D eigenvalue weighted by molar-refractivity contribution is -0.122. The van der Waals surface area contributed by atoms with Gasteiger partial charge in [0.1, 0.15) is 0 Å². The standard InChI is InChI=1S/C26H27NO/c1-4-10-25(28)27-26(2,3)24-16-8-7-13-22(24)21-15-9-14-20-19-12-6-5-11-18(19)17-23(20)21/h5-9,11-16H,4,10,17H2,1-3H3,(H,27,28). The van der Waals surface area contributed by atoms with E-state index in [-0.39, 0.29) is 5.91 Å². The predicted molar refractivity (Wildman–Crippen MR) is 116 cm³/mol. The van der Waals surface area contributed by atoms with Gasteiger partial charge in [-0.2, -0.15) is 0 Å². The van der Waals surface area contributed by atoms with Gasteiger partial charge in [0.2, 0.25) is 5.91 Å². The monoisotopic (exact) mass is 369 g/mol. The first-order valence-corrected chi connectivity index (χ1v) is 10.1. The molecule has 0 atom stereocenters. The minimum atomic E-state index is -0.434. The Balaban J connectivity index is 1.80. The van der Waals surface area contributed by atoms with Crippen molar-refractivity contribution in [1.29, 1.82) is 0 Å². The van der Waals surface area contributed by atoms with Crippen molar-refractivity contribution in [3.8, 4) is 22.3 Å². The second-order valence-electron chi connectivity index (χ2n) is 8.13. The van der Waals surface area contributed by atoms with Gasteiger partial charge in [0.15, 0.2) is 0 Å². The first kappa shape index (κ1) is 18.5. The summed E-state index contributed by atoms with van der Waals surface area (Å²) in [5.41, 5.74) is 8.63. The molecule has 0 aromatic heterocycles. The summed E-state index contributed by atoms with van der Waals surface area (Å²) in [5.74, 6) is 0.105. The van der Waals surface area contributed by atoms with Gasteiger partial charge in [-0.15, -0.1) is 0 Å². The van der Waals surface area contributed by atoms with Crippen molar-refractivity contribution in [2.75, 3.05) is 0 Å². The molecule has 2 heteroatoms. The molecule has 0 unspecified atom stereocenters. The van der Waals surface area contributed by atoms with Crippen LogP contribution in [0, 0.1) is 0 Å². The van der Waals surface area contributed by atoms with Crippen molar-refractivity contribution in [3.63, 3.8) is 0 Å². The summed E-state index contributed by atoms with van der Waals surface area (Å²) in [4.78, 5) is 12.3. The number of hydrogen-bond acceptors (Lipinski definition) is 1. The molecular formula is C26H27NO. The molecular weight excluding hydrogens is 342 g/mol. The zero-order chi connectivity index (χ0) is 19.7. The number of amides is 1. The van der Waals surface area contributed by atoms with E-state index in [0.29, 0.717) is 6.42 Å². The van der Waals surface area contributed by atoms with E-state index in [2.05, 4.69) is 85.9 Å². The zero-order valence-electron chi connectivity index (χ0n) is 16.9. The molecule has 0 saturated heterocycles. The second kappa shape index (κ2) is 7.27. The third-order valence-corrected chi connectivity index (χ3v) is 5.67. The summed E-state index contributed by atoms with van der Waals surface area (Å²) in [6.07, 6.45) is 2.37. The predicted octanol–water partition coefficient (Wildman–Crippen LogP) is 6.08. The number of hydrogen-bond donors (Lipinski definition) is 1. The van der Waals surface area contributed by atoms with E-state index < -0.39 is 5.54 Å². The summed E-state index contributed by atoms with van der Waals surface area (Å²) in [6.45, 7) is 6.22. The number of carbonyl (C=O) groups is 1. The van der Waals surface area contributed by atoms with Crippen molar-refractivity contribution in [3.05, 3.63) is 83.4 Å². The van der Waals surface area contributed by atoms with Crippen LogP contribution in [-0.4, -0.2) is 5.91 Å². The largest absolute Gasteiger partial charge is 0.347 e.